The van der Waals surface area contributed by atoms with Crippen molar-refractivity contribution in [1.82, 2.24) is 4.31 Å². The van der Waals surface area contributed by atoms with Crippen LogP contribution >= 0.6 is 0 Å². The molecule has 0 unspecified atom stereocenters. The molecule has 1 aliphatic rings. The van der Waals surface area contributed by atoms with Crippen LogP contribution in [0.1, 0.15) is 35.6 Å². The summed E-state index contributed by atoms with van der Waals surface area (Å²) in [5, 5.41) is 1.31. The molecule has 0 aromatic heterocycles. The van der Waals surface area contributed by atoms with Crippen LogP contribution in [0, 0.1) is 0 Å². The summed E-state index contributed by atoms with van der Waals surface area (Å²) in [6.45, 7) is 0. The molecule has 0 N–H and O–H groups in total. The van der Waals surface area contributed by atoms with Crippen LogP contribution in [-0.2, 0) is 16.4 Å². The van der Waals surface area contributed by atoms with Gasteiger partial charge in [-0.2, -0.15) is 4.31 Å². The fourth-order valence-corrected chi connectivity index (χ4v) is 4.20. The minimum atomic E-state index is -3.45. The quantitative estimate of drug-likeness (QED) is 0.851. The average Bonchev–Trinajstić information content (AvgIpc) is 2.60. The number of aryl methyl sites for hydroxylation is 1. The summed E-state index contributed by atoms with van der Waals surface area (Å²) in [4.78, 5) is 0. The van der Waals surface area contributed by atoms with Crippen LogP contribution < -0.4 is 0 Å². The van der Waals surface area contributed by atoms with Gasteiger partial charge in [-0.1, -0.05) is 54.6 Å². The predicted octanol–water partition coefficient (Wildman–Crippen LogP) is 4.00. The van der Waals surface area contributed by atoms with E-state index in [2.05, 4.69) is 6.07 Å². The lowest BCUT2D eigenvalue weighted by Gasteiger charge is -2.31. The molecule has 0 bridgehead atoms. The Morgan fingerprint density at radius 3 is 2.52 bits per heavy atom. The minimum absolute atomic E-state index is 0.0784. The first kappa shape index (κ1) is 16.0. The smallest absolute Gasteiger partial charge is 0.207 e. The number of hydrogen-bond acceptors (Lipinski definition) is 2. The van der Waals surface area contributed by atoms with Gasteiger partial charge < -0.3 is 0 Å². The lowest BCUT2D eigenvalue weighted by molar-refractivity contribution is 0.341. The van der Waals surface area contributed by atoms with Gasteiger partial charge in [0.1, 0.15) is 0 Å². The van der Waals surface area contributed by atoms with E-state index in [9.17, 15) is 8.42 Å². The van der Waals surface area contributed by atoms with Gasteiger partial charge in [-0.05, 0) is 42.0 Å². The van der Waals surface area contributed by atoms with Crippen molar-refractivity contribution in [2.75, 3.05) is 7.05 Å². The van der Waals surface area contributed by atoms with Crippen LogP contribution in [0.4, 0.5) is 0 Å². The van der Waals surface area contributed by atoms with E-state index in [0.29, 0.717) is 0 Å². The topological polar surface area (TPSA) is 37.4 Å². The Hall–Kier alpha value is -1.91. The fraction of sp³-hybridized carbons (Fsp3) is 0.263. The lowest BCUT2D eigenvalue weighted by atomic mass is 9.88. The first-order valence-electron chi connectivity index (χ1n) is 7.87. The molecule has 0 fully saturated rings. The summed E-state index contributed by atoms with van der Waals surface area (Å²) < 4.78 is 26.8. The Labute approximate surface area is 138 Å². The minimum Gasteiger partial charge on any atom is -0.207 e. The molecule has 0 saturated heterocycles. The Morgan fingerprint density at radius 2 is 1.74 bits per heavy atom. The van der Waals surface area contributed by atoms with Crippen LogP contribution in [0.2, 0.25) is 0 Å². The first-order valence-corrected chi connectivity index (χ1v) is 9.37. The molecule has 0 saturated carbocycles. The predicted molar refractivity (Wildman–Crippen MR) is 94.3 cm³/mol. The van der Waals surface area contributed by atoms with E-state index in [1.54, 1.807) is 13.1 Å². The zero-order valence-corrected chi connectivity index (χ0v) is 14.0. The standard InChI is InChI=1S/C19H21NO2S/c1-20(19-13-7-11-17-10-5-6-12-18(17)19)23(21,22)15-14-16-8-3-2-4-9-16/h2-6,8-10,12,14-15,19H,7,11,13H2,1H3/b15-14+/t19-/m0/s1. The van der Waals surface area contributed by atoms with Crippen LogP contribution in [0.3, 0.4) is 0 Å². The fourth-order valence-electron chi connectivity index (χ4n) is 3.11. The van der Waals surface area contributed by atoms with Crippen LogP contribution in [0.25, 0.3) is 6.08 Å². The van der Waals surface area contributed by atoms with E-state index in [1.807, 2.05) is 48.5 Å². The van der Waals surface area contributed by atoms with Gasteiger partial charge >= 0.3 is 0 Å². The first-order chi connectivity index (χ1) is 11.1. The number of nitrogens with zero attached hydrogens (tertiary/aromatic N) is 1. The molecule has 120 valence electrons. The molecule has 0 spiro atoms. The number of rotatable bonds is 4. The van der Waals surface area contributed by atoms with E-state index in [0.717, 1.165) is 30.4 Å². The van der Waals surface area contributed by atoms with Gasteiger partial charge in [-0.3, -0.25) is 0 Å². The third kappa shape index (κ3) is 3.54. The van der Waals surface area contributed by atoms with Crippen molar-refractivity contribution in [1.29, 1.82) is 0 Å². The molecular formula is C19H21NO2S. The lowest BCUT2D eigenvalue weighted by Crippen LogP contribution is -2.32. The third-order valence-electron chi connectivity index (χ3n) is 4.41. The normalized spacial score (nSPS) is 18.3. The van der Waals surface area contributed by atoms with Gasteiger partial charge in [0.2, 0.25) is 10.0 Å². The molecule has 23 heavy (non-hydrogen) atoms. The molecule has 1 atom stereocenters. The van der Waals surface area contributed by atoms with Crippen molar-refractivity contribution >= 4 is 16.1 Å². The highest BCUT2D eigenvalue weighted by atomic mass is 32.2. The van der Waals surface area contributed by atoms with E-state index >= 15 is 0 Å². The van der Waals surface area contributed by atoms with Crippen LogP contribution in [0.15, 0.2) is 60.0 Å². The zero-order valence-electron chi connectivity index (χ0n) is 13.2. The Bertz CT molecular complexity index is 797. The second-order valence-corrected chi connectivity index (χ2v) is 7.76. The van der Waals surface area contributed by atoms with Crippen molar-refractivity contribution in [2.45, 2.75) is 25.3 Å². The van der Waals surface area contributed by atoms with Crippen molar-refractivity contribution in [2.24, 2.45) is 0 Å². The molecule has 3 nitrogen and oxygen atoms in total. The third-order valence-corrected chi connectivity index (χ3v) is 5.95. The van der Waals surface area contributed by atoms with E-state index in [1.165, 1.54) is 15.3 Å². The van der Waals surface area contributed by atoms with Crippen molar-refractivity contribution in [3.05, 3.63) is 76.7 Å². The van der Waals surface area contributed by atoms with E-state index in [-0.39, 0.29) is 6.04 Å². The van der Waals surface area contributed by atoms with Gasteiger partial charge in [-0.25, -0.2) is 8.42 Å². The number of hydrogen-bond donors (Lipinski definition) is 0. The Kier molecular flexibility index (Phi) is 4.64. The number of fused-ring (bicyclic) bond motifs is 1. The highest BCUT2D eigenvalue weighted by Crippen LogP contribution is 2.35. The maximum Gasteiger partial charge on any atom is 0.236 e. The summed E-state index contributed by atoms with van der Waals surface area (Å²) in [5.41, 5.74) is 3.28. The zero-order chi connectivity index (χ0) is 16.3. The largest absolute Gasteiger partial charge is 0.236 e. The molecule has 0 heterocycles. The molecule has 2 aromatic rings. The van der Waals surface area contributed by atoms with Crippen molar-refractivity contribution < 1.29 is 8.42 Å². The highest BCUT2D eigenvalue weighted by molar-refractivity contribution is 7.92. The summed E-state index contributed by atoms with van der Waals surface area (Å²) in [7, 11) is -1.77. The Balaban J connectivity index is 1.85. The number of benzene rings is 2. The monoisotopic (exact) mass is 327 g/mol. The molecule has 0 aliphatic heterocycles. The molecule has 4 heteroatoms. The van der Waals surface area contributed by atoms with Crippen molar-refractivity contribution in [3.8, 4) is 0 Å². The highest BCUT2D eigenvalue weighted by Gasteiger charge is 2.29. The summed E-state index contributed by atoms with van der Waals surface area (Å²) in [6, 6.07) is 17.6. The number of sulfonamides is 1. The second-order valence-electron chi connectivity index (χ2n) is 5.88. The maximum absolute atomic E-state index is 12.7. The van der Waals surface area contributed by atoms with E-state index < -0.39 is 10.0 Å². The summed E-state index contributed by atoms with van der Waals surface area (Å²) in [5.74, 6) is 0. The SMILES string of the molecule is CN([C@H]1CCCc2ccccc21)S(=O)(=O)/C=C/c1ccccc1. The summed E-state index contributed by atoms with van der Waals surface area (Å²) >= 11 is 0. The van der Waals surface area contributed by atoms with E-state index in [4.69, 9.17) is 0 Å². The van der Waals surface area contributed by atoms with Gasteiger partial charge in [0.25, 0.3) is 0 Å². The van der Waals surface area contributed by atoms with Gasteiger partial charge in [0, 0.05) is 18.5 Å². The van der Waals surface area contributed by atoms with Gasteiger partial charge in [0.15, 0.2) is 0 Å². The van der Waals surface area contributed by atoms with Crippen LogP contribution in [0.5, 0.6) is 0 Å². The van der Waals surface area contributed by atoms with Gasteiger partial charge in [0.05, 0.1) is 0 Å². The summed E-state index contributed by atoms with van der Waals surface area (Å²) in [6.07, 6.45) is 4.57. The molecular weight excluding hydrogens is 306 g/mol. The molecule has 1 aliphatic carbocycles. The average molecular weight is 327 g/mol. The Morgan fingerprint density at radius 1 is 1.04 bits per heavy atom. The van der Waals surface area contributed by atoms with Crippen LogP contribution in [-0.4, -0.2) is 19.8 Å². The maximum atomic E-state index is 12.7. The molecule has 0 amide bonds. The molecule has 2 aromatic carbocycles. The van der Waals surface area contributed by atoms with Gasteiger partial charge in [-0.15, -0.1) is 0 Å². The molecule has 3 rings (SSSR count). The second kappa shape index (κ2) is 6.69. The molecule has 0 radical (unpaired) electrons. The van der Waals surface area contributed by atoms with Crippen molar-refractivity contribution in [3.63, 3.8) is 0 Å².